The van der Waals surface area contributed by atoms with Crippen LogP contribution in [0.3, 0.4) is 0 Å². The number of hydrogen-bond acceptors (Lipinski definition) is 7. The number of nitrogens with zero attached hydrogens (tertiary/aromatic N) is 2. The Kier molecular flexibility index (Phi) is 6.75. The van der Waals surface area contributed by atoms with Gasteiger partial charge in [0.1, 0.15) is 17.4 Å². The fraction of sp³-hybridized carbons (Fsp3) is 0.333. The van der Waals surface area contributed by atoms with Gasteiger partial charge in [0.25, 0.3) is 0 Å². The van der Waals surface area contributed by atoms with Crippen molar-refractivity contribution in [1.82, 2.24) is 9.71 Å². The molecule has 2 N–H and O–H groups in total. The Labute approximate surface area is 161 Å². The number of rotatable bonds is 8. The van der Waals surface area contributed by atoms with E-state index in [-0.39, 0.29) is 22.7 Å². The highest BCUT2D eigenvalue weighted by Gasteiger charge is 2.22. The van der Waals surface area contributed by atoms with Gasteiger partial charge in [0, 0.05) is 12.3 Å². The number of benzene rings is 1. The van der Waals surface area contributed by atoms with Crippen molar-refractivity contribution in [1.29, 1.82) is 0 Å². The van der Waals surface area contributed by atoms with Gasteiger partial charge in [-0.25, -0.2) is 9.71 Å². The molecule has 0 saturated carbocycles. The summed E-state index contributed by atoms with van der Waals surface area (Å²) in [4.78, 5) is 25.9. The third-order valence-corrected chi connectivity index (χ3v) is 4.24. The van der Waals surface area contributed by atoms with Crippen LogP contribution in [0.25, 0.3) is 0 Å². The molecule has 0 spiro atoms. The summed E-state index contributed by atoms with van der Waals surface area (Å²) < 4.78 is 8.49. The maximum atomic E-state index is 11.5. The number of pyridine rings is 1. The quantitative estimate of drug-likeness (QED) is 0.399. The van der Waals surface area contributed by atoms with Gasteiger partial charge in [-0.15, -0.1) is 0 Å². The molecule has 2 aromatic rings. The molecule has 0 bridgehead atoms. The second-order valence-electron chi connectivity index (χ2n) is 6.76. The third-order valence-electron chi connectivity index (χ3n) is 3.33. The molecule has 1 atom stereocenters. The zero-order valence-electron chi connectivity index (χ0n) is 15.2. The lowest BCUT2D eigenvalue weighted by molar-refractivity contribution is -0.388. The Morgan fingerprint density at radius 2 is 2.00 bits per heavy atom. The summed E-state index contributed by atoms with van der Waals surface area (Å²) in [6.45, 7) is 5.83. The molecule has 0 aliphatic heterocycles. The second-order valence-corrected chi connectivity index (χ2v) is 7.58. The van der Waals surface area contributed by atoms with E-state index in [9.17, 15) is 20.0 Å². The average Bonchev–Trinajstić information content (AvgIpc) is 2.58. The van der Waals surface area contributed by atoms with Crippen molar-refractivity contribution in [2.75, 3.05) is 0 Å². The fourth-order valence-electron chi connectivity index (χ4n) is 2.19. The minimum Gasteiger partial charge on any atom is -0.488 e. The van der Waals surface area contributed by atoms with Gasteiger partial charge in [0.15, 0.2) is 5.03 Å². The standard InChI is InChI=1S/C18H21N3O5S/c1-18(2,3)26-13-8-6-12(7-9-13)11-14(17(22)23)20-27-16-15(21(24)25)5-4-10-19-16/h4-10,14,20H,11H2,1-3H3,(H,22,23). The van der Waals surface area contributed by atoms with Crippen LogP contribution in [0.5, 0.6) is 5.75 Å². The van der Waals surface area contributed by atoms with Crippen molar-refractivity contribution in [2.24, 2.45) is 0 Å². The van der Waals surface area contributed by atoms with Gasteiger partial charge in [0.2, 0.25) is 0 Å². The van der Waals surface area contributed by atoms with Crippen molar-refractivity contribution in [3.63, 3.8) is 0 Å². The minimum atomic E-state index is -1.06. The third kappa shape index (κ3) is 6.54. The Morgan fingerprint density at radius 3 is 2.56 bits per heavy atom. The molecule has 0 radical (unpaired) electrons. The molecule has 1 aromatic heterocycles. The Bertz CT molecular complexity index is 805. The highest BCUT2D eigenvalue weighted by atomic mass is 32.2. The smallest absolute Gasteiger partial charge is 0.321 e. The monoisotopic (exact) mass is 391 g/mol. The number of carboxylic acids is 1. The molecule has 0 amide bonds. The zero-order chi connectivity index (χ0) is 20.0. The summed E-state index contributed by atoms with van der Waals surface area (Å²) >= 11 is 0.834. The van der Waals surface area contributed by atoms with Crippen LogP contribution in [0, 0.1) is 10.1 Å². The number of nitrogens with one attached hydrogen (secondary N) is 1. The van der Waals surface area contributed by atoms with E-state index in [2.05, 4.69) is 9.71 Å². The first-order valence-corrected chi connectivity index (χ1v) is 9.00. The maximum absolute atomic E-state index is 11.5. The van der Waals surface area contributed by atoms with E-state index in [4.69, 9.17) is 4.74 Å². The molecule has 0 aliphatic rings. The number of ether oxygens (including phenoxy) is 1. The number of aromatic nitrogens is 1. The van der Waals surface area contributed by atoms with Gasteiger partial charge in [-0.1, -0.05) is 12.1 Å². The van der Waals surface area contributed by atoms with E-state index in [0.29, 0.717) is 5.75 Å². The van der Waals surface area contributed by atoms with Gasteiger partial charge >= 0.3 is 11.7 Å². The summed E-state index contributed by atoms with van der Waals surface area (Å²) in [5.41, 5.74) is 0.302. The zero-order valence-corrected chi connectivity index (χ0v) is 16.0. The number of hydrogen-bond donors (Lipinski definition) is 2. The number of carbonyl (C=O) groups is 1. The average molecular weight is 391 g/mol. The molecule has 0 fully saturated rings. The van der Waals surface area contributed by atoms with Gasteiger partial charge in [-0.3, -0.25) is 14.9 Å². The van der Waals surface area contributed by atoms with E-state index in [1.807, 2.05) is 20.8 Å². The SMILES string of the molecule is CC(C)(C)Oc1ccc(CC(NSc2ncccc2[N+](=O)[O-])C(=O)O)cc1. The summed E-state index contributed by atoms with van der Waals surface area (Å²) in [5, 5.41) is 20.6. The molecule has 8 nitrogen and oxygen atoms in total. The van der Waals surface area contributed by atoms with Crippen LogP contribution < -0.4 is 9.46 Å². The van der Waals surface area contributed by atoms with Gasteiger partial charge < -0.3 is 9.84 Å². The molecule has 27 heavy (non-hydrogen) atoms. The highest BCUT2D eigenvalue weighted by Crippen LogP contribution is 2.25. The van der Waals surface area contributed by atoms with E-state index in [0.717, 1.165) is 17.5 Å². The number of carboxylic acid groups (broad SMARTS) is 1. The molecule has 1 heterocycles. The summed E-state index contributed by atoms with van der Waals surface area (Å²) in [5.74, 6) is -0.360. The largest absolute Gasteiger partial charge is 0.488 e. The Hall–Kier alpha value is -2.65. The fourth-order valence-corrected chi connectivity index (χ4v) is 2.99. The first kappa shape index (κ1) is 20.7. The van der Waals surface area contributed by atoms with Crippen LogP contribution >= 0.6 is 11.9 Å². The lowest BCUT2D eigenvalue weighted by Gasteiger charge is -2.21. The van der Waals surface area contributed by atoms with E-state index in [1.165, 1.54) is 18.3 Å². The molecule has 2 rings (SSSR count). The van der Waals surface area contributed by atoms with Gasteiger partial charge in [-0.05, 0) is 62.9 Å². The minimum absolute atomic E-state index is 0.114. The van der Waals surface area contributed by atoms with Crippen molar-refractivity contribution in [2.45, 2.75) is 43.9 Å². The Balaban J connectivity index is 2.04. The molecule has 1 unspecified atom stereocenters. The van der Waals surface area contributed by atoms with Crippen molar-refractivity contribution in [3.05, 3.63) is 58.3 Å². The molecule has 0 saturated heterocycles. The second kappa shape index (κ2) is 8.83. The van der Waals surface area contributed by atoms with Crippen LogP contribution in [-0.4, -0.2) is 32.6 Å². The Morgan fingerprint density at radius 1 is 1.33 bits per heavy atom. The summed E-state index contributed by atoms with van der Waals surface area (Å²) in [6.07, 6.45) is 1.62. The van der Waals surface area contributed by atoms with Gasteiger partial charge in [-0.2, -0.15) is 0 Å². The van der Waals surface area contributed by atoms with Gasteiger partial charge in [0.05, 0.1) is 4.92 Å². The lowest BCUT2D eigenvalue weighted by Crippen LogP contribution is -2.34. The number of aliphatic carboxylic acids is 1. The molecule has 0 aliphatic carbocycles. The van der Waals surface area contributed by atoms with Crippen LogP contribution in [0.4, 0.5) is 5.69 Å². The highest BCUT2D eigenvalue weighted by molar-refractivity contribution is 7.97. The van der Waals surface area contributed by atoms with Crippen LogP contribution in [0.1, 0.15) is 26.3 Å². The molecule has 9 heteroatoms. The maximum Gasteiger partial charge on any atom is 0.321 e. The van der Waals surface area contributed by atoms with E-state index in [1.54, 1.807) is 24.3 Å². The number of nitro groups is 1. The van der Waals surface area contributed by atoms with Crippen LogP contribution in [0.2, 0.25) is 0 Å². The molecular weight excluding hydrogens is 370 g/mol. The topological polar surface area (TPSA) is 115 Å². The van der Waals surface area contributed by atoms with Crippen molar-refractivity contribution in [3.8, 4) is 5.75 Å². The van der Waals surface area contributed by atoms with E-state index < -0.39 is 16.9 Å². The summed E-state index contributed by atoms with van der Waals surface area (Å²) in [7, 11) is 0. The molecular formula is C18H21N3O5S. The summed E-state index contributed by atoms with van der Waals surface area (Å²) in [6, 6.07) is 9.01. The van der Waals surface area contributed by atoms with Crippen LogP contribution in [0.15, 0.2) is 47.6 Å². The predicted octanol–water partition coefficient (Wildman–Crippen LogP) is 3.46. The first-order chi connectivity index (χ1) is 12.7. The van der Waals surface area contributed by atoms with Crippen molar-refractivity contribution < 1.29 is 19.6 Å². The first-order valence-electron chi connectivity index (χ1n) is 8.18. The van der Waals surface area contributed by atoms with E-state index >= 15 is 0 Å². The molecule has 1 aromatic carbocycles. The predicted molar refractivity (Wildman–Crippen MR) is 102 cm³/mol. The van der Waals surface area contributed by atoms with Crippen molar-refractivity contribution >= 4 is 23.6 Å². The lowest BCUT2D eigenvalue weighted by atomic mass is 10.1. The van der Waals surface area contributed by atoms with Crippen LogP contribution in [-0.2, 0) is 11.2 Å². The normalized spacial score (nSPS) is 12.4. The molecule has 144 valence electrons.